The number of hydrogen-bond donors (Lipinski definition) is 1. The quantitative estimate of drug-likeness (QED) is 0.775. The van der Waals surface area contributed by atoms with Gasteiger partial charge in [0, 0.05) is 18.8 Å². The molecule has 1 rings (SSSR count). The number of nitrogens with zero attached hydrogens (tertiary/aromatic N) is 2. The molecular weight excluding hydrogens is 206 g/mol. The van der Waals surface area contributed by atoms with Crippen molar-refractivity contribution < 1.29 is 0 Å². The molecule has 3 nitrogen and oxygen atoms in total. The van der Waals surface area contributed by atoms with E-state index in [2.05, 4.69) is 34.3 Å². The van der Waals surface area contributed by atoms with Gasteiger partial charge in [-0.05, 0) is 38.0 Å². The van der Waals surface area contributed by atoms with Crippen LogP contribution in [0.4, 0.5) is 0 Å². The highest BCUT2D eigenvalue weighted by molar-refractivity contribution is 7.98. The van der Waals surface area contributed by atoms with Crippen molar-refractivity contribution in [3.8, 4) is 0 Å². The van der Waals surface area contributed by atoms with Gasteiger partial charge in [-0.3, -0.25) is 4.68 Å². The van der Waals surface area contributed by atoms with Crippen molar-refractivity contribution in [1.29, 1.82) is 0 Å². The number of aromatic nitrogens is 2. The predicted molar refractivity (Wildman–Crippen MR) is 67.3 cm³/mol. The number of aryl methyl sites for hydroxylation is 1. The molecule has 1 aromatic heterocycles. The highest BCUT2D eigenvalue weighted by Gasteiger charge is 2.13. The van der Waals surface area contributed by atoms with Crippen molar-refractivity contribution in [2.45, 2.75) is 32.4 Å². The molecule has 1 N–H and O–H groups in total. The maximum atomic E-state index is 4.35. The van der Waals surface area contributed by atoms with E-state index in [0.29, 0.717) is 6.04 Å². The minimum absolute atomic E-state index is 0.437. The van der Waals surface area contributed by atoms with E-state index in [0.717, 1.165) is 19.4 Å². The Labute approximate surface area is 96.6 Å². The summed E-state index contributed by atoms with van der Waals surface area (Å²) in [6, 6.07) is 2.56. The van der Waals surface area contributed by atoms with Crippen molar-refractivity contribution in [1.82, 2.24) is 15.1 Å². The third kappa shape index (κ3) is 3.54. The van der Waals surface area contributed by atoms with E-state index >= 15 is 0 Å². The Hall–Kier alpha value is -0.480. The molecule has 1 aromatic rings. The Kier molecular flexibility index (Phi) is 5.79. The molecule has 0 aliphatic carbocycles. The van der Waals surface area contributed by atoms with Crippen LogP contribution in [-0.4, -0.2) is 28.8 Å². The van der Waals surface area contributed by atoms with Crippen LogP contribution in [0.2, 0.25) is 0 Å². The summed E-state index contributed by atoms with van der Waals surface area (Å²) in [6.07, 6.45) is 6.34. The number of rotatable bonds is 7. The first kappa shape index (κ1) is 12.6. The fraction of sp³-hybridized carbons (Fsp3) is 0.727. The summed E-state index contributed by atoms with van der Waals surface area (Å²) < 4.78 is 2.11. The first-order valence-corrected chi connectivity index (χ1v) is 6.90. The molecule has 0 bridgehead atoms. The first-order chi connectivity index (χ1) is 7.33. The zero-order chi connectivity index (χ0) is 11.1. The third-order valence-electron chi connectivity index (χ3n) is 2.50. The molecule has 0 radical (unpaired) electrons. The Morgan fingerprint density at radius 2 is 2.40 bits per heavy atom. The summed E-state index contributed by atoms with van der Waals surface area (Å²) in [7, 11) is 2.02. The van der Waals surface area contributed by atoms with Crippen molar-refractivity contribution in [2.24, 2.45) is 0 Å². The van der Waals surface area contributed by atoms with Gasteiger partial charge in [0.1, 0.15) is 0 Å². The number of nitrogens with one attached hydrogen (secondary N) is 1. The van der Waals surface area contributed by atoms with E-state index in [1.165, 1.54) is 11.4 Å². The van der Waals surface area contributed by atoms with Gasteiger partial charge in [-0.15, -0.1) is 0 Å². The Morgan fingerprint density at radius 1 is 1.60 bits per heavy atom. The van der Waals surface area contributed by atoms with Gasteiger partial charge in [0.2, 0.25) is 0 Å². The van der Waals surface area contributed by atoms with Crippen LogP contribution in [-0.2, 0) is 6.54 Å². The second-order valence-electron chi connectivity index (χ2n) is 3.60. The van der Waals surface area contributed by atoms with Gasteiger partial charge in [-0.1, -0.05) is 6.92 Å². The van der Waals surface area contributed by atoms with Crippen LogP contribution in [0.15, 0.2) is 12.3 Å². The maximum Gasteiger partial charge on any atom is 0.0553 e. The number of thioether (sulfide) groups is 1. The van der Waals surface area contributed by atoms with Gasteiger partial charge in [0.15, 0.2) is 0 Å². The highest BCUT2D eigenvalue weighted by Crippen LogP contribution is 2.18. The van der Waals surface area contributed by atoms with Gasteiger partial charge >= 0.3 is 0 Å². The fourth-order valence-corrected chi connectivity index (χ4v) is 2.18. The molecule has 86 valence electrons. The summed E-state index contributed by atoms with van der Waals surface area (Å²) in [6.45, 7) is 3.20. The van der Waals surface area contributed by atoms with E-state index in [-0.39, 0.29) is 0 Å². The smallest absolute Gasteiger partial charge is 0.0553 e. The third-order valence-corrected chi connectivity index (χ3v) is 3.14. The second kappa shape index (κ2) is 6.90. The minimum Gasteiger partial charge on any atom is -0.312 e. The van der Waals surface area contributed by atoms with Crippen molar-refractivity contribution in [3.05, 3.63) is 18.0 Å². The van der Waals surface area contributed by atoms with E-state index in [4.69, 9.17) is 0 Å². The maximum absolute atomic E-state index is 4.35. The van der Waals surface area contributed by atoms with Gasteiger partial charge in [-0.2, -0.15) is 16.9 Å². The van der Waals surface area contributed by atoms with Crippen LogP contribution in [0.25, 0.3) is 0 Å². The molecule has 0 saturated heterocycles. The van der Waals surface area contributed by atoms with Crippen LogP contribution in [0, 0.1) is 0 Å². The summed E-state index contributed by atoms with van der Waals surface area (Å²) in [4.78, 5) is 0. The molecule has 15 heavy (non-hydrogen) atoms. The SMILES string of the molecule is CCCn1nccc1C(CCSC)NC. The number of hydrogen-bond acceptors (Lipinski definition) is 3. The van der Waals surface area contributed by atoms with Crippen LogP contribution < -0.4 is 5.32 Å². The van der Waals surface area contributed by atoms with E-state index in [9.17, 15) is 0 Å². The van der Waals surface area contributed by atoms with Crippen LogP contribution in [0.1, 0.15) is 31.5 Å². The van der Waals surface area contributed by atoms with E-state index < -0.39 is 0 Å². The molecular formula is C11H21N3S. The molecule has 0 aliphatic heterocycles. The van der Waals surface area contributed by atoms with Crippen LogP contribution in [0.3, 0.4) is 0 Å². The average molecular weight is 227 g/mol. The van der Waals surface area contributed by atoms with Gasteiger partial charge < -0.3 is 5.32 Å². The molecule has 0 aromatic carbocycles. The van der Waals surface area contributed by atoms with Crippen molar-refractivity contribution in [3.63, 3.8) is 0 Å². The largest absolute Gasteiger partial charge is 0.312 e. The standard InChI is InChI=1S/C11H21N3S/c1-4-8-14-11(5-7-13-14)10(12-2)6-9-15-3/h5,7,10,12H,4,6,8-9H2,1-3H3. The lowest BCUT2D eigenvalue weighted by Gasteiger charge is -2.17. The summed E-state index contributed by atoms with van der Waals surface area (Å²) in [5, 5.41) is 7.72. The lowest BCUT2D eigenvalue weighted by molar-refractivity contribution is 0.492. The molecule has 0 fully saturated rings. The Balaban J connectivity index is 2.67. The predicted octanol–water partition coefficient (Wildman–Crippen LogP) is 2.31. The summed E-state index contributed by atoms with van der Waals surface area (Å²) in [5.41, 5.74) is 1.31. The van der Waals surface area contributed by atoms with Gasteiger partial charge in [0.05, 0.1) is 5.69 Å². The van der Waals surface area contributed by atoms with Crippen LogP contribution >= 0.6 is 11.8 Å². The zero-order valence-electron chi connectivity index (χ0n) is 9.86. The van der Waals surface area contributed by atoms with Crippen molar-refractivity contribution >= 4 is 11.8 Å². The minimum atomic E-state index is 0.437. The van der Waals surface area contributed by atoms with Gasteiger partial charge in [0.25, 0.3) is 0 Å². The molecule has 1 unspecified atom stereocenters. The van der Waals surface area contributed by atoms with Crippen LogP contribution in [0.5, 0.6) is 0 Å². The molecule has 0 amide bonds. The lowest BCUT2D eigenvalue weighted by Crippen LogP contribution is -2.21. The van der Waals surface area contributed by atoms with Gasteiger partial charge in [-0.25, -0.2) is 0 Å². The molecule has 1 heterocycles. The zero-order valence-corrected chi connectivity index (χ0v) is 10.7. The monoisotopic (exact) mass is 227 g/mol. The fourth-order valence-electron chi connectivity index (χ4n) is 1.71. The first-order valence-electron chi connectivity index (χ1n) is 5.51. The molecule has 4 heteroatoms. The second-order valence-corrected chi connectivity index (χ2v) is 4.59. The summed E-state index contributed by atoms with van der Waals surface area (Å²) in [5.74, 6) is 1.18. The lowest BCUT2D eigenvalue weighted by atomic mass is 10.1. The normalized spacial score (nSPS) is 13.0. The molecule has 0 spiro atoms. The van der Waals surface area contributed by atoms with E-state index in [1.54, 1.807) is 0 Å². The summed E-state index contributed by atoms with van der Waals surface area (Å²) >= 11 is 1.89. The average Bonchev–Trinajstić information content (AvgIpc) is 2.68. The molecule has 1 atom stereocenters. The topological polar surface area (TPSA) is 29.9 Å². The highest BCUT2D eigenvalue weighted by atomic mass is 32.2. The van der Waals surface area contributed by atoms with E-state index in [1.807, 2.05) is 25.0 Å². The van der Waals surface area contributed by atoms with Crippen molar-refractivity contribution in [2.75, 3.05) is 19.1 Å². The Bertz CT molecular complexity index is 273. The molecule has 0 saturated carbocycles. The molecule has 0 aliphatic rings. The Morgan fingerprint density at radius 3 is 3.00 bits per heavy atom.